The number of carbonyl (C=O) groups excluding carboxylic acids is 1. The smallest absolute Gasteiger partial charge is 0.189 e. The van der Waals surface area contributed by atoms with Crippen LogP contribution in [-0.2, 0) is 30.4 Å². The van der Waals surface area contributed by atoms with Crippen LogP contribution in [0.25, 0.3) is 5.57 Å². The number of fused-ring (bicyclic) bond motifs is 2. The highest BCUT2D eigenvalue weighted by molar-refractivity contribution is 6.00. The Kier molecular flexibility index (Phi) is 7.62. The fraction of sp³-hybridized carbons (Fsp3) is 0.424. The lowest BCUT2D eigenvalue weighted by Gasteiger charge is -2.37. The molecule has 184 valence electrons. The molecule has 4 rings (SSSR count). The largest absolute Gasteiger partial charge is 0.373 e. The van der Waals surface area contributed by atoms with Gasteiger partial charge in [0.25, 0.3) is 0 Å². The third-order valence-corrected chi connectivity index (χ3v) is 8.01. The second-order valence-electron chi connectivity index (χ2n) is 10.4. The highest BCUT2D eigenvalue weighted by atomic mass is 16.5. The van der Waals surface area contributed by atoms with Crippen LogP contribution < -0.4 is 0 Å². The molecule has 0 N–H and O–H groups in total. The molecule has 35 heavy (non-hydrogen) atoms. The van der Waals surface area contributed by atoms with E-state index >= 15 is 0 Å². The van der Waals surface area contributed by atoms with Gasteiger partial charge < -0.3 is 4.74 Å². The van der Waals surface area contributed by atoms with Crippen LogP contribution in [-0.4, -0.2) is 19.0 Å². The van der Waals surface area contributed by atoms with Gasteiger partial charge in [0.05, 0.1) is 0 Å². The Balaban J connectivity index is 1.51. The highest BCUT2D eigenvalue weighted by Crippen LogP contribution is 2.52. The van der Waals surface area contributed by atoms with Gasteiger partial charge in [0, 0.05) is 17.6 Å². The summed E-state index contributed by atoms with van der Waals surface area (Å²) < 4.78 is 6.11. The SMILES string of the molecule is CCc1cc(CC)c(C(=O)COCCC2(C)C(=C(C)C)C=CC3=C2Cc2ccccc23)c(CC)c1. The van der Waals surface area contributed by atoms with Gasteiger partial charge in [-0.2, -0.15) is 0 Å². The third kappa shape index (κ3) is 4.74. The first kappa shape index (κ1) is 25.4. The van der Waals surface area contributed by atoms with Crippen LogP contribution in [0.1, 0.15) is 86.1 Å². The lowest BCUT2D eigenvalue weighted by molar-refractivity contribution is 0.0719. The molecule has 1 unspecified atom stereocenters. The summed E-state index contributed by atoms with van der Waals surface area (Å²) in [6.07, 6.45) is 9.19. The molecule has 2 heteroatoms. The molecular weight excluding hydrogens is 428 g/mol. The van der Waals surface area contributed by atoms with Gasteiger partial charge >= 0.3 is 0 Å². The summed E-state index contributed by atoms with van der Waals surface area (Å²) in [5.74, 6) is 0.116. The van der Waals surface area contributed by atoms with Gasteiger partial charge in [0.2, 0.25) is 0 Å². The monoisotopic (exact) mass is 468 g/mol. The van der Waals surface area contributed by atoms with Crippen LogP contribution in [0.3, 0.4) is 0 Å². The highest BCUT2D eigenvalue weighted by Gasteiger charge is 2.39. The van der Waals surface area contributed by atoms with Gasteiger partial charge in [-0.25, -0.2) is 0 Å². The molecular formula is C33H40O2. The Labute approximate surface area is 211 Å². The van der Waals surface area contributed by atoms with Crippen molar-refractivity contribution in [2.45, 2.75) is 73.6 Å². The van der Waals surface area contributed by atoms with Crippen molar-refractivity contribution in [3.63, 3.8) is 0 Å². The molecule has 0 spiro atoms. The van der Waals surface area contributed by atoms with Crippen LogP contribution in [0.5, 0.6) is 0 Å². The first-order chi connectivity index (χ1) is 16.8. The fourth-order valence-corrected chi connectivity index (χ4v) is 6.06. The van der Waals surface area contributed by atoms with Crippen LogP contribution in [0.2, 0.25) is 0 Å². The van der Waals surface area contributed by atoms with E-state index in [1.54, 1.807) is 0 Å². The van der Waals surface area contributed by atoms with Crippen LogP contribution >= 0.6 is 0 Å². The van der Waals surface area contributed by atoms with Crippen LogP contribution in [0, 0.1) is 5.41 Å². The normalized spacial score (nSPS) is 18.6. The number of allylic oxidation sites excluding steroid dienone is 6. The van der Waals surface area contributed by atoms with Gasteiger partial charge in [-0.3, -0.25) is 4.79 Å². The van der Waals surface area contributed by atoms with E-state index in [0.29, 0.717) is 6.61 Å². The van der Waals surface area contributed by atoms with E-state index in [1.165, 1.54) is 39.0 Å². The Morgan fingerprint density at radius 3 is 2.29 bits per heavy atom. The summed E-state index contributed by atoms with van der Waals surface area (Å²) in [6.45, 7) is 13.9. The van der Waals surface area contributed by atoms with E-state index in [1.807, 2.05) is 0 Å². The average Bonchev–Trinajstić information content (AvgIpc) is 3.25. The van der Waals surface area contributed by atoms with E-state index in [4.69, 9.17) is 4.74 Å². The zero-order valence-electron chi connectivity index (χ0n) is 22.4. The lowest BCUT2D eigenvalue weighted by Crippen LogP contribution is -2.27. The van der Waals surface area contributed by atoms with Gasteiger partial charge in [-0.15, -0.1) is 0 Å². The number of ether oxygens (including phenoxy) is 1. The van der Waals surface area contributed by atoms with E-state index in [-0.39, 0.29) is 17.8 Å². The van der Waals surface area contributed by atoms with Gasteiger partial charge in [-0.05, 0) is 90.5 Å². The van der Waals surface area contributed by atoms with Crippen molar-refractivity contribution in [2.75, 3.05) is 13.2 Å². The number of aryl methyl sites for hydroxylation is 3. The van der Waals surface area contributed by atoms with E-state index in [0.717, 1.165) is 48.8 Å². The van der Waals surface area contributed by atoms with Crippen LogP contribution in [0.4, 0.5) is 0 Å². The second-order valence-corrected chi connectivity index (χ2v) is 10.4. The van der Waals surface area contributed by atoms with Crippen molar-refractivity contribution in [2.24, 2.45) is 5.41 Å². The van der Waals surface area contributed by atoms with E-state index < -0.39 is 0 Å². The maximum atomic E-state index is 13.3. The Morgan fingerprint density at radius 2 is 1.66 bits per heavy atom. The molecule has 2 aliphatic rings. The van der Waals surface area contributed by atoms with E-state index in [2.05, 4.69) is 90.1 Å². The lowest BCUT2D eigenvalue weighted by atomic mass is 9.67. The molecule has 0 heterocycles. The number of carbonyl (C=O) groups is 1. The Morgan fingerprint density at radius 1 is 0.971 bits per heavy atom. The molecule has 0 saturated heterocycles. The Hall–Kier alpha value is -2.71. The number of hydrogen-bond donors (Lipinski definition) is 0. The molecule has 0 amide bonds. The van der Waals surface area contributed by atoms with Gasteiger partial charge in [0.15, 0.2) is 5.78 Å². The summed E-state index contributed by atoms with van der Waals surface area (Å²) >= 11 is 0. The minimum absolute atomic E-state index is 0.0864. The molecule has 2 nitrogen and oxygen atoms in total. The van der Waals surface area contributed by atoms with Gasteiger partial charge in [-0.1, -0.05) is 81.8 Å². The number of hydrogen-bond acceptors (Lipinski definition) is 2. The predicted molar refractivity (Wildman–Crippen MR) is 147 cm³/mol. The van der Waals surface area contributed by atoms with Crippen molar-refractivity contribution in [3.05, 3.63) is 98.7 Å². The van der Waals surface area contributed by atoms with Crippen molar-refractivity contribution in [1.29, 1.82) is 0 Å². The minimum Gasteiger partial charge on any atom is -0.373 e. The number of ketones is 1. The molecule has 2 aliphatic carbocycles. The summed E-state index contributed by atoms with van der Waals surface area (Å²) in [4.78, 5) is 13.3. The number of rotatable bonds is 9. The molecule has 0 bridgehead atoms. The summed E-state index contributed by atoms with van der Waals surface area (Å²) in [6, 6.07) is 13.2. The number of benzene rings is 2. The molecule has 0 aromatic heterocycles. The molecule has 0 radical (unpaired) electrons. The molecule has 0 saturated carbocycles. The molecule has 2 aromatic rings. The maximum Gasteiger partial charge on any atom is 0.189 e. The van der Waals surface area contributed by atoms with Crippen LogP contribution in [0.15, 0.2) is 65.3 Å². The minimum atomic E-state index is -0.0864. The zero-order valence-corrected chi connectivity index (χ0v) is 22.4. The summed E-state index contributed by atoms with van der Waals surface area (Å²) in [7, 11) is 0. The van der Waals surface area contributed by atoms with Crippen molar-refractivity contribution < 1.29 is 9.53 Å². The maximum absolute atomic E-state index is 13.3. The second kappa shape index (κ2) is 10.5. The quantitative estimate of drug-likeness (QED) is 0.276. The third-order valence-electron chi connectivity index (χ3n) is 8.01. The molecule has 2 aromatic carbocycles. The fourth-order valence-electron chi connectivity index (χ4n) is 6.06. The topological polar surface area (TPSA) is 26.3 Å². The number of Topliss-reactive ketones (excluding diaryl/α,β-unsaturated/α-hetero) is 1. The molecule has 1 atom stereocenters. The molecule has 0 aliphatic heterocycles. The summed E-state index contributed by atoms with van der Waals surface area (Å²) in [5, 5.41) is 0. The standard InChI is InChI=1S/C33H40O2/c1-7-23-18-24(8-2)32(25(9-3)19-23)31(34)21-35-17-16-33(6)29(22(4)5)15-14-28-27-13-11-10-12-26(27)20-30(28)33/h10-15,18-19H,7-9,16-17,20-21H2,1-6H3. The van der Waals surface area contributed by atoms with Crippen molar-refractivity contribution in [1.82, 2.24) is 0 Å². The first-order valence-electron chi connectivity index (χ1n) is 13.3. The first-order valence-corrected chi connectivity index (χ1v) is 13.3. The Bertz CT molecular complexity index is 1190. The zero-order chi connectivity index (χ0) is 25.2. The molecule has 0 fully saturated rings. The summed E-state index contributed by atoms with van der Waals surface area (Å²) in [5.41, 5.74) is 12.8. The predicted octanol–water partition coefficient (Wildman–Crippen LogP) is 7.89. The van der Waals surface area contributed by atoms with Crippen molar-refractivity contribution in [3.8, 4) is 0 Å². The van der Waals surface area contributed by atoms with Gasteiger partial charge in [0.1, 0.15) is 6.61 Å². The van der Waals surface area contributed by atoms with Crippen molar-refractivity contribution >= 4 is 11.4 Å². The average molecular weight is 469 g/mol. The van der Waals surface area contributed by atoms with E-state index in [9.17, 15) is 4.79 Å².